The molecule has 4 rings (SSSR count). The minimum absolute atomic E-state index is 0.0912. The number of hydrogen-bond donors (Lipinski definition) is 1. The van der Waals surface area contributed by atoms with Crippen LogP contribution >= 0.6 is 15.9 Å². The van der Waals surface area contributed by atoms with Gasteiger partial charge in [0.1, 0.15) is 24.7 Å². The molecule has 2 aromatic carbocycles. The maximum atomic E-state index is 13.2. The molecule has 2 heterocycles. The first-order valence-corrected chi connectivity index (χ1v) is 12.4. The van der Waals surface area contributed by atoms with Crippen LogP contribution in [0.1, 0.15) is 64.3 Å². The van der Waals surface area contributed by atoms with Gasteiger partial charge in [0.2, 0.25) is 5.95 Å². The molecule has 1 aliphatic heterocycles. The predicted octanol–water partition coefficient (Wildman–Crippen LogP) is 6.16. The summed E-state index contributed by atoms with van der Waals surface area (Å²) >= 11 is 3.58. The minimum atomic E-state index is -0.559. The second-order valence-electron chi connectivity index (χ2n) is 9.97. The predicted molar refractivity (Wildman–Crippen MR) is 139 cm³/mol. The molecule has 0 saturated heterocycles. The standard InChI is InChI=1S/C27H31BrN4O3/c1-16(2)35-25(33)23-17(3)31-26-29-15-30-32(26)24(23)21-13-20(28)11-12-22(21)34-14-18-7-9-19(10-8-18)27(4,5)6/h7-13,15-16,24H,14H2,1-6H3,(H,29,30,31). The van der Waals surface area contributed by atoms with Crippen LogP contribution in [0.25, 0.3) is 0 Å². The number of rotatable bonds is 6. The van der Waals surface area contributed by atoms with Gasteiger partial charge in [-0.15, -0.1) is 0 Å². The topological polar surface area (TPSA) is 78.3 Å². The normalized spacial score (nSPS) is 15.6. The summed E-state index contributed by atoms with van der Waals surface area (Å²) in [6.45, 7) is 12.5. The fourth-order valence-corrected chi connectivity index (χ4v) is 4.43. The largest absolute Gasteiger partial charge is 0.489 e. The van der Waals surface area contributed by atoms with Crippen molar-refractivity contribution in [2.45, 2.75) is 65.7 Å². The molecular weight excluding hydrogens is 508 g/mol. The Hall–Kier alpha value is -3.13. The third-order valence-electron chi connectivity index (χ3n) is 5.84. The Labute approximate surface area is 214 Å². The van der Waals surface area contributed by atoms with Gasteiger partial charge in [0.05, 0.1) is 11.7 Å². The van der Waals surface area contributed by atoms with Gasteiger partial charge in [0.15, 0.2) is 0 Å². The first kappa shape index (κ1) is 25.0. The number of allylic oxidation sites excluding steroid dienone is 1. The van der Waals surface area contributed by atoms with Gasteiger partial charge >= 0.3 is 5.97 Å². The molecular formula is C27H31BrN4O3. The fraction of sp³-hybridized carbons (Fsp3) is 0.370. The van der Waals surface area contributed by atoms with Crippen LogP contribution < -0.4 is 10.1 Å². The second kappa shape index (κ2) is 9.85. The molecule has 1 N–H and O–H groups in total. The van der Waals surface area contributed by atoms with Crippen LogP contribution in [-0.4, -0.2) is 26.8 Å². The fourth-order valence-electron chi connectivity index (χ4n) is 4.05. The Morgan fingerprint density at radius 3 is 2.54 bits per heavy atom. The highest BCUT2D eigenvalue weighted by Crippen LogP contribution is 2.40. The maximum Gasteiger partial charge on any atom is 0.338 e. The molecule has 1 aliphatic rings. The quantitative estimate of drug-likeness (QED) is 0.378. The lowest BCUT2D eigenvalue weighted by molar-refractivity contribution is -0.143. The van der Waals surface area contributed by atoms with Crippen LogP contribution in [0, 0.1) is 0 Å². The smallest absolute Gasteiger partial charge is 0.338 e. The van der Waals surface area contributed by atoms with E-state index in [-0.39, 0.29) is 11.5 Å². The highest BCUT2D eigenvalue weighted by atomic mass is 79.9. The third-order valence-corrected chi connectivity index (χ3v) is 6.33. The van der Waals surface area contributed by atoms with E-state index in [1.54, 1.807) is 4.68 Å². The molecule has 1 aromatic heterocycles. The van der Waals surface area contributed by atoms with Crippen molar-refractivity contribution in [2.24, 2.45) is 0 Å². The van der Waals surface area contributed by atoms with Gasteiger partial charge in [-0.3, -0.25) is 0 Å². The van der Waals surface area contributed by atoms with Crippen LogP contribution in [0.3, 0.4) is 0 Å². The molecule has 1 unspecified atom stereocenters. The summed E-state index contributed by atoms with van der Waals surface area (Å²) in [7, 11) is 0. The number of hydrogen-bond acceptors (Lipinski definition) is 6. The van der Waals surface area contributed by atoms with Gasteiger partial charge in [-0.2, -0.15) is 10.1 Å². The Bertz CT molecular complexity index is 1260. The lowest BCUT2D eigenvalue weighted by atomic mass is 9.87. The number of aromatic nitrogens is 3. The Morgan fingerprint density at radius 1 is 1.17 bits per heavy atom. The number of fused-ring (bicyclic) bond motifs is 1. The van der Waals surface area contributed by atoms with E-state index >= 15 is 0 Å². The minimum Gasteiger partial charge on any atom is -0.489 e. The number of esters is 1. The summed E-state index contributed by atoms with van der Waals surface area (Å²) in [4.78, 5) is 17.5. The van der Waals surface area contributed by atoms with E-state index in [1.807, 2.05) is 39.0 Å². The van der Waals surface area contributed by atoms with Gasteiger partial charge in [-0.1, -0.05) is 61.0 Å². The number of halogens is 1. The Kier molecular flexibility index (Phi) is 7.03. The van der Waals surface area contributed by atoms with E-state index in [2.05, 4.69) is 76.4 Å². The number of ether oxygens (including phenoxy) is 2. The summed E-state index contributed by atoms with van der Waals surface area (Å²) in [5, 5.41) is 7.58. The molecule has 0 radical (unpaired) electrons. The molecule has 1 atom stereocenters. The van der Waals surface area contributed by atoms with E-state index in [4.69, 9.17) is 9.47 Å². The number of carbonyl (C=O) groups excluding carboxylic acids is 1. The molecule has 35 heavy (non-hydrogen) atoms. The molecule has 0 fully saturated rings. The van der Waals surface area contributed by atoms with Crippen LogP contribution in [0.4, 0.5) is 5.95 Å². The molecule has 0 aliphatic carbocycles. The van der Waals surface area contributed by atoms with Gasteiger partial charge in [0, 0.05) is 15.7 Å². The third kappa shape index (κ3) is 5.42. The van der Waals surface area contributed by atoms with Crippen molar-refractivity contribution in [3.63, 3.8) is 0 Å². The van der Waals surface area contributed by atoms with Crippen molar-refractivity contribution in [1.82, 2.24) is 14.8 Å². The molecule has 0 spiro atoms. The van der Waals surface area contributed by atoms with E-state index in [0.717, 1.165) is 15.6 Å². The maximum absolute atomic E-state index is 13.2. The molecule has 7 nitrogen and oxygen atoms in total. The Morgan fingerprint density at radius 2 is 1.89 bits per heavy atom. The van der Waals surface area contributed by atoms with E-state index in [9.17, 15) is 4.79 Å². The van der Waals surface area contributed by atoms with Gasteiger partial charge < -0.3 is 14.8 Å². The van der Waals surface area contributed by atoms with Gasteiger partial charge in [0.25, 0.3) is 0 Å². The molecule has 0 saturated carbocycles. The zero-order valence-corrected chi connectivity index (χ0v) is 22.5. The molecule has 8 heteroatoms. The highest BCUT2D eigenvalue weighted by molar-refractivity contribution is 9.10. The monoisotopic (exact) mass is 538 g/mol. The number of carbonyl (C=O) groups is 1. The average molecular weight is 539 g/mol. The van der Waals surface area contributed by atoms with Crippen molar-refractivity contribution in [3.8, 4) is 5.75 Å². The zero-order chi connectivity index (χ0) is 25.3. The van der Waals surface area contributed by atoms with Crippen molar-refractivity contribution in [2.75, 3.05) is 5.32 Å². The summed E-state index contributed by atoms with van der Waals surface area (Å²) in [6, 6.07) is 13.7. The summed E-state index contributed by atoms with van der Waals surface area (Å²) in [5.74, 6) is 0.807. The van der Waals surface area contributed by atoms with Crippen LogP contribution in [-0.2, 0) is 21.6 Å². The van der Waals surface area contributed by atoms with E-state index < -0.39 is 12.0 Å². The van der Waals surface area contributed by atoms with E-state index in [0.29, 0.717) is 29.6 Å². The molecule has 3 aromatic rings. The van der Waals surface area contributed by atoms with Gasteiger partial charge in [-0.05, 0) is 55.5 Å². The van der Waals surface area contributed by atoms with Crippen molar-refractivity contribution in [1.29, 1.82) is 0 Å². The number of anilines is 1. The first-order chi connectivity index (χ1) is 16.5. The van der Waals surface area contributed by atoms with E-state index in [1.165, 1.54) is 11.9 Å². The summed E-state index contributed by atoms with van der Waals surface area (Å²) < 4.78 is 14.5. The van der Waals surface area contributed by atoms with Crippen LogP contribution in [0.5, 0.6) is 5.75 Å². The zero-order valence-electron chi connectivity index (χ0n) is 20.9. The van der Waals surface area contributed by atoms with Gasteiger partial charge in [-0.25, -0.2) is 9.48 Å². The van der Waals surface area contributed by atoms with Crippen molar-refractivity contribution in [3.05, 3.63) is 81.2 Å². The summed E-state index contributed by atoms with van der Waals surface area (Å²) in [6.07, 6.45) is 1.21. The highest BCUT2D eigenvalue weighted by Gasteiger charge is 2.36. The number of nitrogens with zero attached hydrogens (tertiary/aromatic N) is 3. The number of nitrogens with one attached hydrogen (secondary N) is 1. The van der Waals surface area contributed by atoms with Crippen LogP contribution in [0.15, 0.2) is 64.5 Å². The average Bonchev–Trinajstić information content (AvgIpc) is 3.24. The van der Waals surface area contributed by atoms with Crippen LogP contribution in [0.2, 0.25) is 0 Å². The van der Waals surface area contributed by atoms with Crippen molar-refractivity contribution < 1.29 is 14.3 Å². The Balaban J connectivity index is 1.71. The van der Waals surface area contributed by atoms with Crippen molar-refractivity contribution >= 4 is 27.8 Å². The second-order valence-corrected chi connectivity index (χ2v) is 10.9. The lowest BCUT2D eigenvalue weighted by Gasteiger charge is -2.29. The molecule has 0 bridgehead atoms. The molecule has 184 valence electrons. The SMILES string of the molecule is CC1=C(C(=O)OC(C)C)C(c2cc(Br)ccc2OCc2ccc(C(C)(C)C)cc2)n2ncnc2N1. The number of benzene rings is 2. The lowest BCUT2D eigenvalue weighted by Crippen LogP contribution is -2.31. The molecule has 0 amide bonds. The first-order valence-electron chi connectivity index (χ1n) is 11.6. The summed E-state index contributed by atoms with van der Waals surface area (Å²) in [5.41, 5.74) is 4.35.